The first-order valence-corrected chi connectivity index (χ1v) is 12.1. The molecular formula is C27H26N6O2. The van der Waals surface area contributed by atoms with Gasteiger partial charge in [0.05, 0.1) is 30.2 Å². The first kappa shape index (κ1) is 20.6. The van der Waals surface area contributed by atoms with Crippen LogP contribution in [0.2, 0.25) is 0 Å². The summed E-state index contributed by atoms with van der Waals surface area (Å²) in [4.78, 5) is 22.4. The minimum Gasteiger partial charge on any atom is -0.380 e. The molecule has 7 rings (SSSR count). The maximum Gasteiger partial charge on any atom is 0.254 e. The molecule has 176 valence electrons. The van der Waals surface area contributed by atoms with Crippen LogP contribution in [0.15, 0.2) is 48.8 Å². The zero-order valence-corrected chi connectivity index (χ0v) is 19.5. The van der Waals surface area contributed by atoms with Gasteiger partial charge in [-0.3, -0.25) is 4.79 Å². The fourth-order valence-corrected chi connectivity index (χ4v) is 5.82. The lowest BCUT2D eigenvalue weighted by molar-refractivity contribution is 0.0966. The van der Waals surface area contributed by atoms with E-state index in [9.17, 15) is 4.79 Å². The van der Waals surface area contributed by atoms with Gasteiger partial charge in [0, 0.05) is 56.3 Å². The van der Waals surface area contributed by atoms with Crippen LogP contribution < -0.4 is 16.0 Å². The number of hydrogen-bond acceptors (Lipinski definition) is 6. The summed E-state index contributed by atoms with van der Waals surface area (Å²) in [5.41, 5.74) is 7.83. The summed E-state index contributed by atoms with van der Waals surface area (Å²) in [6, 6.07) is 12.4. The molecule has 1 amide bonds. The van der Waals surface area contributed by atoms with E-state index in [1.54, 1.807) is 0 Å². The van der Waals surface area contributed by atoms with E-state index in [2.05, 4.69) is 39.1 Å². The molecule has 4 aromatic rings. The van der Waals surface area contributed by atoms with Gasteiger partial charge >= 0.3 is 0 Å². The molecule has 1 saturated heterocycles. The fourth-order valence-electron chi connectivity index (χ4n) is 5.82. The number of carbonyl (C=O) groups excluding carboxylic acids is 1. The Balaban J connectivity index is 1.28. The summed E-state index contributed by atoms with van der Waals surface area (Å²) >= 11 is 0. The Morgan fingerprint density at radius 2 is 2.03 bits per heavy atom. The van der Waals surface area contributed by atoms with Gasteiger partial charge in [-0.2, -0.15) is 0 Å². The highest BCUT2D eigenvalue weighted by Gasteiger charge is 2.33. The lowest BCUT2D eigenvalue weighted by atomic mass is 9.89. The smallest absolute Gasteiger partial charge is 0.254 e. The number of amides is 1. The molecule has 0 saturated carbocycles. The van der Waals surface area contributed by atoms with E-state index in [0.717, 1.165) is 71.2 Å². The van der Waals surface area contributed by atoms with Crippen molar-refractivity contribution in [2.75, 3.05) is 25.1 Å². The molecule has 8 heteroatoms. The molecule has 0 radical (unpaired) electrons. The number of ether oxygens (including phenoxy) is 1. The number of anilines is 2. The first-order chi connectivity index (χ1) is 17.2. The number of aromatic nitrogens is 3. The van der Waals surface area contributed by atoms with Gasteiger partial charge in [-0.25, -0.2) is 9.97 Å². The predicted molar refractivity (Wildman–Crippen MR) is 134 cm³/mol. The van der Waals surface area contributed by atoms with Gasteiger partial charge in [-0.05, 0) is 46.5 Å². The van der Waals surface area contributed by atoms with Crippen LogP contribution in [0.1, 0.15) is 33.1 Å². The van der Waals surface area contributed by atoms with Crippen molar-refractivity contribution in [1.29, 1.82) is 0 Å². The normalized spacial score (nSPS) is 20.8. The molecule has 2 atom stereocenters. The Hall–Kier alpha value is -3.75. The molecule has 3 aliphatic rings. The molecule has 3 N–H and O–H groups in total. The average Bonchev–Trinajstić information content (AvgIpc) is 3.57. The van der Waals surface area contributed by atoms with Gasteiger partial charge in [0.2, 0.25) is 0 Å². The number of rotatable bonds is 3. The highest BCUT2D eigenvalue weighted by molar-refractivity contribution is 6.07. The monoisotopic (exact) mass is 466 g/mol. The van der Waals surface area contributed by atoms with Crippen LogP contribution in [-0.4, -0.2) is 40.2 Å². The van der Waals surface area contributed by atoms with Gasteiger partial charge in [-0.15, -0.1) is 0 Å². The van der Waals surface area contributed by atoms with Crippen LogP contribution in [0.25, 0.3) is 22.2 Å². The molecule has 0 aliphatic carbocycles. The van der Waals surface area contributed by atoms with Crippen molar-refractivity contribution < 1.29 is 9.53 Å². The minimum absolute atomic E-state index is 0.0647. The second-order valence-corrected chi connectivity index (χ2v) is 9.61. The van der Waals surface area contributed by atoms with E-state index in [4.69, 9.17) is 9.72 Å². The number of fused-ring (bicyclic) bond motifs is 5. The Morgan fingerprint density at radius 1 is 1.09 bits per heavy atom. The molecule has 2 unspecified atom stereocenters. The molecule has 0 spiro atoms. The first-order valence-electron chi connectivity index (χ1n) is 12.1. The van der Waals surface area contributed by atoms with Gasteiger partial charge in [0.25, 0.3) is 5.91 Å². The lowest BCUT2D eigenvalue weighted by Crippen LogP contribution is -2.22. The van der Waals surface area contributed by atoms with Gasteiger partial charge in [0.15, 0.2) is 0 Å². The van der Waals surface area contributed by atoms with Crippen LogP contribution in [0.3, 0.4) is 0 Å². The molecule has 3 aromatic heterocycles. The summed E-state index contributed by atoms with van der Waals surface area (Å²) < 4.78 is 7.75. The van der Waals surface area contributed by atoms with Crippen LogP contribution in [-0.2, 0) is 24.9 Å². The molecule has 35 heavy (non-hydrogen) atoms. The second kappa shape index (κ2) is 7.90. The second-order valence-electron chi connectivity index (χ2n) is 9.61. The third kappa shape index (κ3) is 3.25. The van der Waals surface area contributed by atoms with Crippen molar-refractivity contribution in [1.82, 2.24) is 25.2 Å². The highest BCUT2D eigenvalue weighted by atomic mass is 16.5. The van der Waals surface area contributed by atoms with Crippen LogP contribution in [0.5, 0.6) is 0 Å². The van der Waals surface area contributed by atoms with Crippen molar-refractivity contribution in [2.24, 2.45) is 13.0 Å². The van der Waals surface area contributed by atoms with Crippen molar-refractivity contribution in [3.8, 4) is 11.1 Å². The molecular weight excluding hydrogens is 440 g/mol. The fraction of sp³-hybridized carbons (Fsp3) is 0.296. The lowest BCUT2D eigenvalue weighted by Gasteiger charge is -2.17. The van der Waals surface area contributed by atoms with Gasteiger partial charge < -0.3 is 25.3 Å². The van der Waals surface area contributed by atoms with Crippen molar-refractivity contribution in [2.45, 2.75) is 19.0 Å². The third-order valence-corrected chi connectivity index (χ3v) is 7.59. The number of aryl methyl sites for hydroxylation is 1. The standard InChI is InChI=1S/C27H26N6O2/c1-33-9-7-19-17(6-8-29-26(19)33)16-2-4-22(25-20(16)11-30-27(25)34)31-24-5-3-18-21-14-35-13-15(21)10-28-12-23(18)32-24/h2-9,15,21,28H,10-14H2,1H3,(H,30,34)(H,31,32). The summed E-state index contributed by atoms with van der Waals surface area (Å²) in [5.74, 6) is 1.57. The van der Waals surface area contributed by atoms with E-state index in [0.29, 0.717) is 23.9 Å². The number of carbonyl (C=O) groups is 1. The quantitative estimate of drug-likeness (QED) is 0.428. The number of benzene rings is 1. The SMILES string of the molecule is Cn1ccc2c(-c3ccc(Nc4ccc5c(n4)CNCC4COCC54)c4c3CNC4=O)ccnc21. The van der Waals surface area contributed by atoms with Crippen LogP contribution in [0, 0.1) is 5.92 Å². The van der Waals surface area contributed by atoms with Crippen molar-refractivity contribution >= 4 is 28.4 Å². The number of nitrogens with one attached hydrogen (secondary N) is 3. The Morgan fingerprint density at radius 3 is 2.97 bits per heavy atom. The van der Waals surface area contributed by atoms with Gasteiger partial charge in [0.1, 0.15) is 11.5 Å². The topological polar surface area (TPSA) is 93.1 Å². The Bertz CT molecular complexity index is 1490. The summed E-state index contributed by atoms with van der Waals surface area (Å²) in [6.07, 6.45) is 3.84. The molecule has 1 fully saturated rings. The van der Waals surface area contributed by atoms with Crippen molar-refractivity contribution in [3.63, 3.8) is 0 Å². The molecule has 0 bridgehead atoms. The number of hydrogen-bond donors (Lipinski definition) is 3. The molecule has 3 aliphatic heterocycles. The summed E-state index contributed by atoms with van der Waals surface area (Å²) in [5, 5.41) is 11.0. The average molecular weight is 467 g/mol. The summed E-state index contributed by atoms with van der Waals surface area (Å²) in [7, 11) is 1.99. The maximum atomic E-state index is 12.9. The van der Waals surface area contributed by atoms with E-state index in [1.807, 2.05) is 42.2 Å². The zero-order chi connectivity index (χ0) is 23.5. The van der Waals surface area contributed by atoms with Crippen molar-refractivity contribution in [3.05, 3.63) is 71.2 Å². The zero-order valence-electron chi connectivity index (χ0n) is 19.5. The van der Waals surface area contributed by atoms with E-state index in [-0.39, 0.29) is 5.91 Å². The number of pyridine rings is 2. The molecule has 8 nitrogen and oxygen atoms in total. The highest BCUT2D eigenvalue weighted by Crippen LogP contribution is 2.39. The Kier molecular flexibility index (Phi) is 4.65. The minimum atomic E-state index is -0.0647. The largest absolute Gasteiger partial charge is 0.380 e. The Labute approximate surface area is 202 Å². The van der Waals surface area contributed by atoms with E-state index in [1.165, 1.54) is 5.56 Å². The summed E-state index contributed by atoms with van der Waals surface area (Å²) in [6.45, 7) is 3.75. The number of nitrogens with zero attached hydrogens (tertiary/aromatic N) is 3. The van der Waals surface area contributed by atoms with Crippen LogP contribution >= 0.6 is 0 Å². The predicted octanol–water partition coefficient (Wildman–Crippen LogP) is 3.46. The third-order valence-electron chi connectivity index (χ3n) is 7.59. The van der Waals surface area contributed by atoms with E-state index < -0.39 is 0 Å². The van der Waals surface area contributed by atoms with E-state index >= 15 is 0 Å². The molecule has 6 heterocycles. The molecule has 1 aromatic carbocycles. The van der Waals surface area contributed by atoms with Gasteiger partial charge in [-0.1, -0.05) is 12.1 Å². The van der Waals surface area contributed by atoms with Crippen LogP contribution in [0.4, 0.5) is 11.5 Å². The maximum absolute atomic E-state index is 12.9.